The zero-order valence-electron chi connectivity index (χ0n) is 12.0. The average Bonchev–Trinajstić information content (AvgIpc) is 2.42. The van der Waals surface area contributed by atoms with Crippen LogP contribution in [0.3, 0.4) is 0 Å². The van der Waals surface area contributed by atoms with E-state index in [0.717, 1.165) is 0 Å². The summed E-state index contributed by atoms with van der Waals surface area (Å²) in [4.78, 5) is 22.2. The number of esters is 1. The summed E-state index contributed by atoms with van der Waals surface area (Å²) in [6.45, 7) is 4.29. The van der Waals surface area contributed by atoms with Gasteiger partial charge in [0.15, 0.2) is 18.1 Å². The number of benzene rings is 1. The second-order valence-electron chi connectivity index (χ2n) is 4.06. The van der Waals surface area contributed by atoms with Gasteiger partial charge in [-0.2, -0.15) is 0 Å². The first-order chi connectivity index (χ1) is 9.97. The minimum atomic E-state index is -0.691. The molecular formula is C14H18BrNO5. The SMILES string of the molecule is CCOc1cc(Br)c(CC(=O)OCC(N)=O)cc1OCC. The van der Waals surface area contributed by atoms with Crippen LogP contribution in [-0.2, 0) is 20.7 Å². The molecule has 0 atom stereocenters. The predicted molar refractivity (Wildman–Crippen MR) is 80.3 cm³/mol. The molecule has 116 valence electrons. The van der Waals surface area contributed by atoms with Crippen LogP contribution in [-0.4, -0.2) is 31.7 Å². The van der Waals surface area contributed by atoms with Crippen molar-refractivity contribution in [2.24, 2.45) is 5.73 Å². The lowest BCUT2D eigenvalue weighted by Gasteiger charge is -2.14. The lowest BCUT2D eigenvalue weighted by atomic mass is 10.1. The standard InChI is InChI=1S/C14H18BrNO5/c1-3-19-11-5-9(6-14(18)21-8-13(16)17)10(15)7-12(11)20-4-2/h5,7H,3-4,6,8H2,1-2H3,(H2,16,17). The van der Waals surface area contributed by atoms with Gasteiger partial charge < -0.3 is 19.9 Å². The molecule has 1 rings (SSSR count). The third-order valence-corrected chi connectivity index (χ3v) is 3.16. The number of amides is 1. The highest BCUT2D eigenvalue weighted by molar-refractivity contribution is 9.10. The third-order valence-electron chi connectivity index (χ3n) is 2.42. The molecule has 0 radical (unpaired) electrons. The monoisotopic (exact) mass is 359 g/mol. The van der Waals surface area contributed by atoms with E-state index in [9.17, 15) is 9.59 Å². The Labute approximate surface area is 131 Å². The number of rotatable bonds is 8. The minimum absolute atomic E-state index is 0.000340. The maximum atomic E-state index is 11.6. The van der Waals surface area contributed by atoms with Crippen LogP contribution in [0.5, 0.6) is 11.5 Å². The van der Waals surface area contributed by atoms with Crippen molar-refractivity contribution in [3.8, 4) is 11.5 Å². The van der Waals surface area contributed by atoms with Crippen LogP contribution in [0.2, 0.25) is 0 Å². The van der Waals surface area contributed by atoms with Crippen molar-refractivity contribution in [3.05, 3.63) is 22.2 Å². The number of carbonyl (C=O) groups is 2. The molecule has 0 heterocycles. The highest BCUT2D eigenvalue weighted by Gasteiger charge is 2.14. The third kappa shape index (κ3) is 5.63. The number of primary amides is 1. The molecule has 0 aliphatic carbocycles. The molecule has 0 fully saturated rings. The van der Waals surface area contributed by atoms with Crippen LogP contribution in [0.4, 0.5) is 0 Å². The number of nitrogens with two attached hydrogens (primary N) is 1. The van der Waals surface area contributed by atoms with Crippen LogP contribution in [0.25, 0.3) is 0 Å². The first-order valence-electron chi connectivity index (χ1n) is 6.49. The first-order valence-corrected chi connectivity index (χ1v) is 7.29. The summed E-state index contributed by atoms with van der Waals surface area (Å²) < 4.78 is 16.4. The van der Waals surface area contributed by atoms with E-state index in [4.69, 9.17) is 19.9 Å². The summed E-state index contributed by atoms with van der Waals surface area (Å²) in [6, 6.07) is 3.45. The number of hydrogen-bond donors (Lipinski definition) is 1. The summed E-state index contributed by atoms with van der Waals surface area (Å²) in [6.07, 6.45) is 0.000340. The van der Waals surface area contributed by atoms with Crippen molar-refractivity contribution in [3.63, 3.8) is 0 Å². The second kappa shape index (κ2) is 8.51. The van der Waals surface area contributed by atoms with Gasteiger partial charge in [0.05, 0.1) is 19.6 Å². The molecule has 1 amide bonds. The zero-order valence-corrected chi connectivity index (χ0v) is 13.6. The molecule has 0 saturated carbocycles. The molecule has 0 aliphatic heterocycles. The van der Waals surface area contributed by atoms with Gasteiger partial charge in [-0.25, -0.2) is 0 Å². The summed E-state index contributed by atoms with van der Waals surface area (Å²) >= 11 is 3.38. The van der Waals surface area contributed by atoms with Gasteiger partial charge in [0.2, 0.25) is 0 Å². The Balaban J connectivity index is 2.88. The van der Waals surface area contributed by atoms with Crippen molar-refractivity contribution in [1.29, 1.82) is 0 Å². The van der Waals surface area contributed by atoms with Crippen LogP contribution in [0.15, 0.2) is 16.6 Å². The molecule has 6 nitrogen and oxygen atoms in total. The number of carbonyl (C=O) groups excluding carboxylic acids is 2. The van der Waals surface area contributed by atoms with E-state index in [1.165, 1.54) is 0 Å². The Kier molecular flexibility index (Phi) is 7.01. The fourth-order valence-corrected chi connectivity index (χ4v) is 2.07. The molecular weight excluding hydrogens is 342 g/mol. The van der Waals surface area contributed by atoms with Gasteiger partial charge in [-0.05, 0) is 31.5 Å². The van der Waals surface area contributed by atoms with Gasteiger partial charge in [0.25, 0.3) is 5.91 Å². The smallest absolute Gasteiger partial charge is 0.310 e. The van der Waals surface area contributed by atoms with Crippen LogP contribution in [0.1, 0.15) is 19.4 Å². The molecule has 21 heavy (non-hydrogen) atoms. The maximum absolute atomic E-state index is 11.6. The molecule has 1 aromatic carbocycles. The molecule has 0 saturated heterocycles. The molecule has 1 aromatic rings. The summed E-state index contributed by atoms with van der Waals surface area (Å²) in [5.74, 6) is -0.0778. The van der Waals surface area contributed by atoms with Crippen LogP contribution in [0, 0.1) is 0 Å². The number of ether oxygens (including phenoxy) is 3. The fraction of sp³-hybridized carbons (Fsp3) is 0.429. The van der Waals surface area contributed by atoms with E-state index in [0.29, 0.717) is 34.7 Å². The van der Waals surface area contributed by atoms with E-state index < -0.39 is 18.5 Å². The normalized spacial score (nSPS) is 10.0. The molecule has 0 unspecified atom stereocenters. The summed E-state index contributed by atoms with van der Waals surface area (Å²) in [5.41, 5.74) is 5.60. The largest absolute Gasteiger partial charge is 0.490 e. The quantitative estimate of drug-likeness (QED) is 0.715. The van der Waals surface area contributed by atoms with Crippen LogP contribution < -0.4 is 15.2 Å². The van der Waals surface area contributed by atoms with Gasteiger partial charge in [-0.3, -0.25) is 9.59 Å². The topological polar surface area (TPSA) is 87.9 Å². The van der Waals surface area contributed by atoms with E-state index in [2.05, 4.69) is 15.9 Å². The Bertz CT molecular complexity index is 518. The Morgan fingerprint density at radius 3 is 2.24 bits per heavy atom. The van der Waals surface area contributed by atoms with Gasteiger partial charge in [-0.15, -0.1) is 0 Å². The lowest BCUT2D eigenvalue weighted by Crippen LogP contribution is -2.21. The van der Waals surface area contributed by atoms with E-state index in [1.54, 1.807) is 12.1 Å². The van der Waals surface area contributed by atoms with Crippen LogP contribution >= 0.6 is 15.9 Å². The van der Waals surface area contributed by atoms with Gasteiger partial charge in [0, 0.05) is 4.47 Å². The van der Waals surface area contributed by atoms with Crippen molar-refractivity contribution in [1.82, 2.24) is 0 Å². The van der Waals surface area contributed by atoms with Gasteiger partial charge in [0.1, 0.15) is 0 Å². The highest BCUT2D eigenvalue weighted by Crippen LogP contribution is 2.34. The molecule has 0 spiro atoms. The van der Waals surface area contributed by atoms with Crippen molar-refractivity contribution < 1.29 is 23.8 Å². The number of halogens is 1. The zero-order chi connectivity index (χ0) is 15.8. The lowest BCUT2D eigenvalue weighted by molar-refractivity contribution is -0.147. The van der Waals surface area contributed by atoms with Gasteiger partial charge in [-0.1, -0.05) is 15.9 Å². The molecule has 0 aliphatic rings. The average molecular weight is 360 g/mol. The molecule has 0 aromatic heterocycles. The summed E-state index contributed by atoms with van der Waals surface area (Å²) in [5, 5.41) is 0. The van der Waals surface area contributed by atoms with Crippen molar-refractivity contribution in [2.45, 2.75) is 20.3 Å². The predicted octanol–water partition coefficient (Wildman–Crippen LogP) is 1.82. The Hall–Kier alpha value is -1.76. The van der Waals surface area contributed by atoms with Crippen molar-refractivity contribution >= 4 is 27.8 Å². The Morgan fingerprint density at radius 1 is 1.14 bits per heavy atom. The van der Waals surface area contributed by atoms with Gasteiger partial charge >= 0.3 is 5.97 Å². The maximum Gasteiger partial charge on any atom is 0.310 e. The van der Waals surface area contributed by atoms with E-state index >= 15 is 0 Å². The minimum Gasteiger partial charge on any atom is -0.490 e. The molecule has 2 N–H and O–H groups in total. The number of hydrogen-bond acceptors (Lipinski definition) is 5. The van der Waals surface area contributed by atoms with Crippen molar-refractivity contribution in [2.75, 3.05) is 19.8 Å². The first kappa shape index (κ1) is 17.3. The van der Waals surface area contributed by atoms with E-state index in [-0.39, 0.29) is 6.42 Å². The molecule has 0 bridgehead atoms. The second-order valence-corrected chi connectivity index (χ2v) is 4.91. The fourth-order valence-electron chi connectivity index (χ4n) is 1.61. The molecule has 7 heteroatoms. The Morgan fingerprint density at radius 2 is 1.71 bits per heavy atom. The summed E-state index contributed by atoms with van der Waals surface area (Å²) in [7, 11) is 0. The highest BCUT2D eigenvalue weighted by atomic mass is 79.9. The van der Waals surface area contributed by atoms with E-state index in [1.807, 2.05) is 13.8 Å².